The van der Waals surface area contributed by atoms with Gasteiger partial charge in [0.25, 0.3) is 0 Å². The first-order chi connectivity index (χ1) is 11.4. The molecule has 0 bridgehead atoms. The van der Waals surface area contributed by atoms with Gasteiger partial charge in [0, 0.05) is 0 Å². The maximum absolute atomic E-state index is 12.0. The molecule has 0 spiro atoms. The quantitative estimate of drug-likeness (QED) is 0.330. The molecule has 1 unspecified atom stereocenters. The zero-order valence-corrected chi connectivity index (χ0v) is 12.9. The summed E-state index contributed by atoms with van der Waals surface area (Å²) >= 11 is 0. The zero-order valence-electron chi connectivity index (χ0n) is 12.9. The molecule has 2 rings (SSSR count). The molecule has 1 aliphatic heterocycles. The van der Waals surface area contributed by atoms with Crippen LogP contribution in [0.15, 0.2) is 18.2 Å². The summed E-state index contributed by atoms with van der Waals surface area (Å²) in [7, 11) is 0. The Labute approximate surface area is 137 Å². The summed E-state index contributed by atoms with van der Waals surface area (Å²) in [5.41, 5.74) is 0.399. The summed E-state index contributed by atoms with van der Waals surface area (Å²) < 4.78 is 5.02. The van der Waals surface area contributed by atoms with Crippen molar-refractivity contribution in [3.63, 3.8) is 0 Å². The van der Waals surface area contributed by atoms with Crippen LogP contribution in [0.5, 0.6) is 5.75 Å². The van der Waals surface area contributed by atoms with Gasteiger partial charge in [-0.15, -0.1) is 4.89 Å². The van der Waals surface area contributed by atoms with Crippen LogP contribution < -0.4 is 0 Å². The Kier molecular flexibility index (Phi) is 6.10. The number of aliphatic hydroxyl groups excluding tert-OH is 4. The predicted molar refractivity (Wildman–Crippen MR) is 77.8 cm³/mol. The molecular formula is C15H20O9. The summed E-state index contributed by atoms with van der Waals surface area (Å²) in [5, 5.41) is 48.0. The number of carbonyl (C=O) groups is 1. The molecule has 1 aromatic rings. The van der Waals surface area contributed by atoms with Crippen molar-refractivity contribution in [2.45, 2.75) is 44.1 Å². The first-order valence-corrected chi connectivity index (χ1v) is 7.39. The van der Waals surface area contributed by atoms with E-state index in [1.807, 2.05) is 0 Å². The molecule has 0 radical (unpaired) electrons. The number of para-hydroxylation sites is 1. The first-order valence-electron chi connectivity index (χ1n) is 7.39. The fourth-order valence-electron chi connectivity index (χ4n) is 2.32. The maximum Gasteiger partial charge on any atom is 0.376 e. The van der Waals surface area contributed by atoms with E-state index >= 15 is 0 Å². The number of aromatic hydroxyl groups is 1. The maximum atomic E-state index is 12.0. The number of ether oxygens (including phenoxy) is 1. The average molecular weight is 344 g/mol. The third-order valence-corrected chi connectivity index (χ3v) is 3.79. The number of hydrogen-bond donors (Lipinski definition) is 5. The minimum atomic E-state index is -1.70. The van der Waals surface area contributed by atoms with Crippen molar-refractivity contribution in [2.24, 2.45) is 0 Å². The lowest BCUT2D eigenvalue weighted by atomic mass is 9.99. The predicted octanol–water partition coefficient (Wildman–Crippen LogP) is -1.16. The summed E-state index contributed by atoms with van der Waals surface area (Å²) in [6, 6.07) is 4.53. The molecule has 5 atom stereocenters. The van der Waals surface area contributed by atoms with Crippen molar-refractivity contribution >= 4 is 5.97 Å². The van der Waals surface area contributed by atoms with Crippen LogP contribution in [0.2, 0.25) is 0 Å². The Morgan fingerprint density at radius 3 is 2.54 bits per heavy atom. The summed E-state index contributed by atoms with van der Waals surface area (Å²) in [6.45, 7) is 1.16. The molecule has 0 amide bonds. The second-order valence-electron chi connectivity index (χ2n) is 5.33. The van der Waals surface area contributed by atoms with Gasteiger partial charge in [0.05, 0.1) is 6.61 Å². The van der Waals surface area contributed by atoms with Crippen LogP contribution in [0, 0.1) is 0 Å². The van der Waals surface area contributed by atoms with Crippen LogP contribution in [-0.2, 0) is 20.9 Å². The minimum Gasteiger partial charge on any atom is -0.507 e. The van der Waals surface area contributed by atoms with Gasteiger partial charge in [-0.1, -0.05) is 19.1 Å². The number of carbonyl (C=O) groups excluding carboxylic acids is 1. The molecular weight excluding hydrogens is 324 g/mol. The lowest BCUT2D eigenvalue weighted by Crippen LogP contribution is -2.59. The third kappa shape index (κ3) is 3.66. The SMILES string of the molecule is CCc1cccc(C(=O)OOC2O[C@H](CO)[C@@H](O)[C@H](O)[C@H]2O)c1O. The van der Waals surface area contributed by atoms with Crippen LogP contribution in [0.3, 0.4) is 0 Å². The second-order valence-corrected chi connectivity index (χ2v) is 5.33. The molecule has 0 aliphatic carbocycles. The van der Waals surface area contributed by atoms with Crippen molar-refractivity contribution in [1.29, 1.82) is 0 Å². The highest BCUT2D eigenvalue weighted by molar-refractivity contribution is 5.92. The highest BCUT2D eigenvalue weighted by atomic mass is 17.2. The van der Waals surface area contributed by atoms with Gasteiger partial charge >= 0.3 is 5.97 Å². The van der Waals surface area contributed by atoms with Gasteiger partial charge in [0.2, 0.25) is 6.29 Å². The standard InChI is InChI=1S/C15H20O9/c1-2-7-4-3-5-8(10(7)17)14(21)23-24-15-13(20)12(19)11(18)9(6-16)22-15/h3-5,9,11-13,15-20H,2,6H2,1H3/t9-,11-,12+,13-,15?/m1/s1. The minimum absolute atomic E-state index is 0.140. The largest absolute Gasteiger partial charge is 0.507 e. The average Bonchev–Trinajstić information content (AvgIpc) is 2.59. The molecule has 134 valence electrons. The molecule has 1 aliphatic rings. The monoisotopic (exact) mass is 344 g/mol. The Morgan fingerprint density at radius 1 is 1.21 bits per heavy atom. The van der Waals surface area contributed by atoms with E-state index in [-0.39, 0.29) is 11.3 Å². The van der Waals surface area contributed by atoms with Crippen molar-refractivity contribution in [3.8, 4) is 5.75 Å². The highest BCUT2D eigenvalue weighted by Crippen LogP contribution is 2.25. The van der Waals surface area contributed by atoms with Crippen molar-refractivity contribution in [1.82, 2.24) is 0 Å². The lowest BCUT2D eigenvalue weighted by molar-refractivity contribution is -0.399. The molecule has 0 aromatic heterocycles. The smallest absolute Gasteiger partial charge is 0.376 e. The lowest BCUT2D eigenvalue weighted by Gasteiger charge is -2.38. The van der Waals surface area contributed by atoms with E-state index in [4.69, 9.17) is 9.84 Å². The number of phenols is 1. The van der Waals surface area contributed by atoms with Crippen LogP contribution in [0.4, 0.5) is 0 Å². The number of aryl methyl sites for hydroxylation is 1. The number of benzene rings is 1. The summed E-state index contributed by atoms with van der Waals surface area (Å²) in [4.78, 5) is 21.2. The normalized spacial score (nSPS) is 30.1. The van der Waals surface area contributed by atoms with Crippen LogP contribution >= 0.6 is 0 Å². The van der Waals surface area contributed by atoms with Gasteiger partial charge in [-0.2, -0.15) is 0 Å². The van der Waals surface area contributed by atoms with E-state index in [0.717, 1.165) is 0 Å². The summed E-state index contributed by atoms with van der Waals surface area (Å²) in [5.74, 6) is -1.28. The van der Waals surface area contributed by atoms with Crippen molar-refractivity contribution in [2.75, 3.05) is 6.61 Å². The Balaban J connectivity index is 2.03. The topological polar surface area (TPSA) is 146 Å². The van der Waals surface area contributed by atoms with E-state index in [2.05, 4.69) is 9.78 Å². The Bertz CT molecular complexity index is 574. The molecule has 1 aromatic carbocycles. The van der Waals surface area contributed by atoms with Crippen molar-refractivity contribution < 1.29 is 44.8 Å². The molecule has 9 heteroatoms. The zero-order chi connectivity index (χ0) is 17.9. The fourth-order valence-corrected chi connectivity index (χ4v) is 2.32. The second kappa shape index (κ2) is 7.88. The molecule has 9 nitrogen and oxygen atoms in total. The fraction of sp³-hybridized carbons (Fsp3) is 0.533. The number of rotatable bonds is 5. The van der Waals surface area contributed by atoms with Crippen molar-refractivity contribution in [3.05, 3.63) is 29.3 Å². The van der Waals surface area contributed by atoms with Crippen LogP contribution in [0.1, 0.15) is 22.8 Å². The molecule has 1 fully saturated rings. The van der Waals surface area contributed by atoms with E-state index in [9.17, 15) is 25.2 Å². The van der Waals surface area contributed by atoms with E-state index < -0.39 is 43.3 Å². The molecule has 5 N–H and O–H groups in total. The van der Waals surface area contributed by atoms with E-state index in [1.165, 1.54) is 6.07 Å². The highest BCUT2D eigenvalue weighted by Gasteiger charge is 2.45. The molecule has 1 saturated heterocycles. The van der Waals surface area contributed by atoms with Crippen LogP contribution in [-0.4, -0.2) is 68.8 Å². The number of hydrogen-bond acceptors (Lipinski definition) is 9. The van der Waals surface area contributed by atoms with E-state index in [0.29, 0.717) is 12.0 Å². The molecule has 24 heavy (non-hydrogen) atoms. The third-order valence-electron chi connectivity index (χ3n) is 3.79. The van der Waals surface area contributed by atoms with Gasteiger partial charge < -0.3 is 30.3 Å². The number of phenolic OH excluding ortho intramolecular Hbond substituents is 1. The van der Waals surface area contributed by atoms with Gasteiger partial charge in [-0.25, -0.2) is 4.79 Å². The van der Waals surface area contributed by atoms with E-state index in [1.54, 1.807) is 19.1 Å². The Morgan fingerprint density at radius 2 is 1.92 bits per heavy atom. The summed E-state index contributed by atoms with van der Waals surface area (Å²) in [6.07, 6.45) is -7.21. The first kappa shape index (κ1) is 18.6. The van der Waals surface area contributed by atoms with Gasteiger partial charge in [0.15, 0.2) is 0 Å². The van der Waals surface area contributed by atoms with Gasteiger partial charge in [-0.3, -0.25) is 4.89 Å². The number of aliphatic hydroxyl groups is 4. The Hall–Kier alpha value is -1.75. The van der Waals surface area contributed by atoms with Gasteiger partial charge in [-0.05, 0) is 18.1 Å². The molecule has 1 heterocycles. The molecule has 0 saturated carbocycles. The van der Waals surface area contributed by atoms with Crippen LogP contribution in [0.25, 0.3) is 0 Å². The van der Waals surface area contributed by atoms with Gasteiger partial charge in [0.1, 0.15) is 35.7 Å².